The van der Waals surface area contributed by atoms with Gasteiger partial charge < -0.3 is 0 Å². The Kier molecular flexibility index (Phi) is 3.22. The van der Waals surface area contributed by atoms with E-state index in [1.54, 1.807) is 0 Å². The fraction of sp³-hybridized carbons (Fsp3) is 1.00. The van der Waals surface area contributed by atoms with Crippen LogP contribution in [0.4, 0.5) is 43.9 Å². The normalized spacial score (nSPS) is 15.6. The van der Waals surface area contributed by atoms with Gasteiger partial charge in [0.1, 0.15) is 0 Å². The first-order valence-electron chi connectivity index (χ1n) is 2.97. The minimum Gasteiger partial charge on any atom is -0.208 e. The minimum absolute atomic E-state index is 2.38. The maximum Gasteiger partial charge on any atom is 0.515 e. The summed E-state index contributed by atoms with van der Waals surface area (Å²) in [7, 11) is 0. The van der Waals surface area contributed by atoms with Gasteiger partial charge in [-0.1, -0.05) is 0 Å². The second kappa shape index (κ2) is 3.39. The SMILES string of the molecule is FC(F)(F)C(F)(F)[NH2+]C(F)(F)C(F)(F)F. The highest BCUT2D eigenvalue weighted by atomic mass is 19.4. The van der Waals surface area contributed by atoms with Gasteiger partial charge in [0, 0.05) is 0 Å². The fourth-order valence-corrected chi connectivity index (χ4v) is 0.391. The van der Waals surface area contributed by atoms with Crippen molar-refractivity contribution in [3.63, 3.8) is 0 Å². The molecule has 0 atom stereocenters. The van der Waals surface area contributed by atoms with E-state index in [-0.39, 0.29) is 0 Å². The van der Waals surface area contributed by atoms with Gasteiger partial charge in [-0.05, 0) is 0 Å². The third-order valence-corrected chi connectivity index (χ3v) is 1.12. The zero-order valence-electron chi connectivity index (χ0n) is 6.36. The van der Waals surface area contributed by atoms with Crippen molar-refractivity contribution >= 4 is 0 Å². The Balaban J connectivity index is 4.89. The monoisotopic (exact) mass is 254 g/mol. The van der Waals surface area contributed by atoms with E-state index in [1.165, 1.54) is 0 Å². The van der Waals surface area contributed by atoms with E-state index in [0.717, 1.165) is 0 Å². The Bertz CT molecular complexity index is 199. The van der Waals surface area contributed by atoms with E-state index in [0.29, 0.717) is 0 Å². The average Bonchev–Trinajstić information content (AvgIpc) is 1.77. The van der Waals surface area contributed by atoms with Crippen molar-refractivity contribution in [3.05, 3.63) is 0 Å². The number of hydrogen-bond acceptors (Lipinski definition) is 0. The van der Waals surface area contributed by atoms with Crippen LogP contribution in [-0.2, 0) is 0 Å². The molecule has 15 heavy (non-hydrogen) atoms. The average molecular weight is 254 g/mol. The van der Waals surface area contributed by atoms with Gasteiger partial charge in [-0.3, -0.25) is 0 Å². The molecule has 0 amide bonds. The quantitative estimate of drug-likeness (QED) is 0.572. The minimum atomic E-state index is -6.50. The summed E-state index contributed by atoms with van der Waals surface area (Å²) in [6, 6.07) is -12.4. The Hall–Kier alpha value is -0.740. The molecule has 0 aliphatic heterocycles. The lowest BCUT2D eigenvalue weighted by Gasteiger charge is -2.23. The van der Waals surface area contributed by atoms with Crippen molar-refractivity contribution in [1.82, 2.24) is 0 Å². The maximum absolute atomic E-state index is 11.8. The largest absolute Gasteiger partial charge is 0.515 e. The van der Waals surface area contributed by atoms with E-state index in [2.05, 4.69) is 0 Å². The van der Waals surface area contributed by atoms with Gasteiger partial charge in [0.05, 0.1) is 0 Å². The van der Waals surface area contributed by atoms with Gasteiger partial charge in [0.25, 0.3) is 0 Å². The van der Waals surface area contributed by atoms with Crippen LogP contribution in [0.1, 0.15) is 0 Å². The van der Waals surface area contributed by atoms with E-state index in [4.69, 9.17) is 0 Å². The molecule has 11 heteroatoms. The molecule has 0 unspecified atom stereocenters. The van der Waals surface area contributed by atoms with Gasteiger partial charge in [-0.25, -0.2) is 5.32 Å². The summed E-state index contributed by atoms with van der Waals surface area (Å²) in [5.41, 5.74) is 0. The van der Waals surface area contributed by atoms with Crippen LogP contribution in [-0.4, -0.2) is 24.4 Å². The van der Waals surface area contributed by atoms with E-state index >= 15 is 0 Å². The molecule has 0 aromatic carbocycles. The summed E-state index contributed by atoms with van der Waals surface area (Å²) in [4.78, 5) is 0. The van der Waals surface area contributed by atoms with Gasteiger partial charge in [-0.2, -0.15) is 26.3 Å². The Morgan fingerprint density at radius 2 is 0.667 bits per heavy atom. The summed E-state index contributed by atoms with van der Waals surface area (Å²) >= 11 is 0. The zero-order chi connectivity index (χ0) is 12.7. The number of quaternary nitrogens is 1. The molecular weight excluding hydrogens is 252 g/mol. The molecule has 0 aromatic heterocycles. The Labute approximate surface area is 75.0 Å². The van der Waals surface area contributed by atoms with Crippen LogP contribution >= 0.6 is 0 Å². The molecule has 2 N–H and O–H groups in total. The first-order valence-corrected chi connectivity index (χ1v) is 2.97. The van der Waals surface area contributed by atoms with Crippen LogP contribution < -0.4 is 5.32 Å². The lowest BCUT2D eigenvalue weighted by molar-refractivity contribution is -0.912. The van der Waals surface area contributed by atoms with E-state index in [1.807, 2.05) is 0 Å². The molecular formula is C4H2F10N+. The van der Waals surface area contributed by atoms with Gasteiger partial charge in [-0.15, -0.1) is 17.6 Å². The molecule has 0 aromatic rings. The van der Waals surface area contributed by atoms with Crippen LogP contribution in [0.5, 0.6) is 0 Å². The first-order chi connectivity index (χ1) is 6.21. The Morgan fingerprint density at radius 1 is 0.467 bits per heavy atom. The van der Waals surface area contributed by atoms with Crippen molar-refractivity contribution in [2.45, 2.75) is 24.4 Å². The lowest BCUT2D eigenvalue weighted by Crippen LogP contribution is -3.07. The Morgan fingerprint density at radius 3 is 0.800 bits per heavy atom. The molecule has 1 nitrogen and oxygen atoms in total. The molecule has 0 saturated heterocycles. The number of rotatable bonds is 2. The molecule has 0 radical (unpaired) electrons. The molecule has 0 saturated carbocycles. The molecule has 0 aliphatic carbocycles. The van der Waals surface area contributed by atoms with Crippen molar-refractivity contribution < 1.29 is 49.2 Å². The van der Waals surface area contributed by atoms with E-state index < -0.39 is 29.8 Å². The molecule has 0 heterocycles. The summed E-state index contributed by atoms with van der Waals surface area (Å²) in [6.45, 7) is 0. The third-order valence-electron chi connectivity index (χ3n) is 1.12. The molecule has 92 valence electrons. The highest BCUT2D eigenvalue weighted by Gasteiger charge is 2.73. The van der Waals surface area contributed by atoms with Crippen molar-refractivity contribution in [1.29, 1.82) is 0 Å². The second-order valence-corrected chi connectivity index (χ2v) is 2.39. The van der Waals surface area contributed by atoms with Crippen LogP contribution in [0.15, 0.2) is 0 Å². The summed E-state index contributed by atoms with van der Waals surface area (Å²) in [5.74, 6) is 0. The number of alkyl halides is 10. The summed E-state index contributed by atoms with van der Waals surface area (Å²) < 4.78 is 115. The number of hydrogen-bond donors (Lipinski definition) is 1. The number of halogens is 10. The second-order valence-electron chi connectivity index (χ2n) is 2.39. The van der Waals surface area contributed by atoms with Crippen LogP contribution in [0.2, 0.25) is 0 Å². The van der Waals surface area contributed by atoms with E-state index in [9.17, 15) is 43.9 Å². The zero-order valence-corrected chi connectivity index (χ0v) is 6.36. The highest BCUT2D eigenvalue weighted by Crippen LogP contribution is 2.34. The van der Waals surface area contributed by atoms with Gasteiger partial charge in [0.2, 0.25) is 0 Å². The lowest BCUT2D eigenvalue weighted by atomic mass is 10.4. The molecule has 0 aliphatic rings. The fourth-order valence-electron chi connectivity index (χ4n) is 0.391. The van der Waals surface area contributed by atoms with Crippen molar-refractivity contribution in [2.24, 2.45) is 0 Å². The number of nitrogens with two attached hydrogens (primary N) is 1. The third kappa shape index (κ3) is 3.11. The summed E-state index contributed by atoms with van der Waals surface area (Å²) in [6.07, 6.45) is -13.0. The van der Waals surface area contributed by atoms with Crippen LogP contribution in [0, 0.1) is 0 Å². The van der Waals surface area contributed by atoms with Crippen LogP contribution in [0.25, 0.3) is 0 Å². The first kappa shape index (κ1) is 14.3. The predicted molar refractivity (Wildman–Crippen MR) is 23.9 cm³/mol. The molecule has 0 rings (SSSR count). The topological polar surface area (TPSA) is 16.6 Å². The molecule has 0 spiro atoms. The van der Waals surface area contributed by atoms with Crippen LogP contribution in [0.3, 0.4) is 0 Å². The maximum atomic E-state index is 11.8. The smallest absolute Gasteiger partial charge is 0.208 e. The van der Waals surface area contributed by atoms with Gasteiger partial charge >= 0.3 is 24.4 Å². The molecule has 0 fully saturated rings. The summed E-state index contributed by atoms with van der Waals surface area (Å²) in [5, 5.41) is -2.38. The standard InChI is InChI=1S/C4HF10N/c5-1(6,7)3(11,12)15-4(13,14)2(8,9)10/h15H/p+1. The predicted octanol–water partition coefficient (Wildman–Crippen LogP) is 1.86. The van der Waals surface area contributed by atoms with Crippen molar-refractivity contribution in [2.75, 3.05) is 0 Å². The van der Waals surface area contributed by atoms with Crippen molar-refractivity contribution in [3.8, 4) is 0 Å². The molecule has 0 bridgehead atoms. The highest BCUT2D eigenvalue weighted by molar-refractivity contribution is 4.66. The van der Waals surface area contributed by atoms with Gasteiger partial charge in [0.15, 0.2) is 0 Å².